The summed E-state index contributed by atoms with van der Waals surface area (Å²) in [6, 6.07) is -0.739. The molecule has 51 heavy (non-hydrogen) atoms. The van der Waals surface area contributed by atoms with E-state index in [1.807, 2.05) is 12.2 Å². The second-order valence-electron chi connectivity index (χ2n) is 13.8. The van der Waals surface area contributed by atoms with E-state index in [4.69, 9.17) is 14.2 Å². The lowest BCUT2D eigenvalue weighted by atomic mass is 10.1. The molecule has 0 bridgehead atoms. The summed E-state index contributed by atoms with van der Waals surface area (Å²) in [5.41, 5.74) is 0. The van der Waals surface area contributed by atoms with E-state index >= 15 is 0 Å². The zero-order chi connectivity index (χ0) is 37.8. The molecule has 0 aliphatic rings. The average molecular weight is 714 g/mol. The molecular formula is C43H71NO7. The predicted octanol–water partition coefficient (Wildman–Crippen LogP) is 8.68. The highest BCUT2D eigenvalue weighted by molar-refractivity contribution is 5.70. The number of rotatable bonds is 33. The van der Waals surface area contributed by atoms with Gasteiger partial charge in [0, 0.05) is 19.3 Å². The zero-order valence-corrected chi connectivity index (χ0v) is 32.7. The van der Waals surface area contributed by atoms with Gasteiger partial charge in [-0.3, -0.25) is 9.59 Å². The van der Waals surface area contributed by atoms with Gasteiger partial charge in [0.15, 0.2) is 6.10 Å². The average Bonchev–Trinajstić information content (AvgIpc) is 3.08. The smallest absolute Gasteiger partial charge is 0.306 e. The SMILES string of the molecule is CC/C=C/C/C=C/C/C=C/C/C=C/C/C=C/C/C=C/CCC(=O)OC(COCCC(C(=O)[O-])[N+](C)(C)C)COC(=O)CCCCCCCCCC. The number of allylic oxidation sites excluding steroid dienone is 12. The van der Waals surface area contributed by atoms with Crippen LogP contribution >= 0.6 is 0 Å². The van der Waals surface area contributed by atoms with E-state index in [1.54, 1.807) is 21.1 Å². The number of ether oxygens (including phenoxy) is 3. The van der Waals surface area contributed by atoms with Crippen molar-refractivity contribution in [2.24, 2.45) is 0 Å². The first-order valence-corrected chi connectivity index (χ1v) is 19.5. The highest BCUT2D eigenvalue weighted by Gasteiger charge is 2.25. The fraction of sp³-hybridized carbons (Fsp3) is 0.651. The third-order valence-electron chi connectivity index (χ3n) is 8.12. The highest BCUT2D eigenvalue weighted by Crippen LogP contribution is 2.11. The first-order valence-electron chi connectivity index (χ1n) is 19.5. The Morgan fingerprint density at radius 3 is 1.59 bits per heavy atom. The van der Waals surface area contributed by atoms with Gasteiger partial charge in [-0.15, -0.1) is 0 Å². The summed E-state index contributed by atoms with van der Waals surface area (Å²) in [6.07, 6.45) is 40.9. The number of hydrogen-bond donors (Lipinski definition) is 0. The van der Waals surface area contributed by atoms with Gasteiger partial charge in [-0.25, -0.2) is 0 Å². The van der Waals surface area contributed by atoms with Crippen LogP contribution in [0.2, 0.25) is 0 Å². The van der Waals surface area contributed by atoms with Crippen LogP contribution in [0.15, 0.2) is 72.9 Å². The van der Waals surface area contributed by atoms with Crippen LogP contribution in [-0.2, 0) is 28.6 Å². The molecule has 290 valence electrons. The van der Waals surface area contributed by atoms with E-state index in [2.05, 4.69) is 74.6 Å². The van der Waals surface area contributed by atoms with E-state index in [9.17, 15) is 19.5 Å². The van der Waals surface area contributed by atoms with Crippen molar-refractivity contribution in [1.82, 2.24) is 0 Å². The van der Waals surface area contributed by atoms with Crippen molar-refractivity contribution in [2.45, 2.75) is 142 Å². The molecule has 0 fully saturated rings. The molecule has 8 heteroatoms. The van der Waals surface area contributed by atoms with Crippen molar-refractivity contribution in [3.8, 4) is 0 Å². The van der Waals surface area contributed by atoms with Gasteiger partial charge in [0.05, 0.1) is 40.3 Å². The lowest BCUT2D eigenvalue weighted by molar-refractivity contribution is -0.889. The van der Waals surface area contributed by atoms with E-state index in [0.717, 1.165) is 57.8 Å². The van der Waals surface area contributed by atoms with Crippen molar-refractivity contribution in [3.05, 3.63) is 72.9 Å². The first kappa shape index (κ1) is 47.8. The van der Waals surface area contributed by atoms with Gasteiger partial charge in [-0.1, -0.05) is 132 Å². The third kappa shape index (κ3) is 32.4. The van der Waals surface area contributed by atoms with Crippen LogP contribution in [0.4, 0.5) is 0 Å². The van der Waals surface area contributed by atoms with Crippen LogP contribution in [0.3, 0.4) is 0 Å². The predicted molar refractivity (Wildman–Crippen MR) is 208 cm³/mol. The number of hydrogen-bond acceptors (Lipinski definition) is 7. The minimum absolute atomic E-state index is 0.00754. The fourth-order valence-electron chi connectivity index (χ4n) is 5.09. The highest BCUT2D eigenvalue weighted by atomic mass is 16.6. The standard InChI is InChI=1S/C43H71NO7/c1-6-8-10-12-14-16-17-18-19-20-21-22-23-24-25-26-28-30-32-34-42(46)51-39(37-49-36-35-40(43(47)48)44(3,4)5)38-50-41(45)33-31-29-27-15-13-11-9-7-2/h8,10,14,16,18-19,21-22,24-25,28,30,39-40H,6-7,9,11-13,15,17,20,23,26-27,29,31-38H2,1-5H3/b10-8+,16-14+,19-18+,22-21+,25-24+,30-28+. The summed E-state index contributed by atoms with van der Waals surface area (Å²) >= 11 is 0. The summed E-state index contributed by atoms with van der Waals surface area (Å²) in [7, 11) is 5.36. The minimum atomic E-state index is -1.14. The maximum Gasteiger partial charge on any atom is 0.306 e. The van der Waals surface area contributed by atoms with Gasteiger partial charge in [0.1, 0.15) is 12.6 Å². The maximum atomic E-state index is 12.6. The second kappa shape index (κ2) is 33.9. The van der Waals surface area contributed by atoms with Crippen LogP contribution in [0, 0.1) is 0 Å². The molecule has 2 atom stereocenters. The Kier molecular flexibility index (Phi) is 31.7. The van der Waals surface area contributed by atoms with E-state index < -0.39 is 24.1 Å². The molecular weight excluding hydrogens is 642 g/mol. The van der Waals surface area contributed by atoms with E-state index in [1.165, 1.54) is 32.1 Å². The molecule has 0 saturated heterocycles. The number of quaternary nitrogens is 1. The number of carbonyl (C=O) groups excluding carboxylic acids is 3. The van der Waals surface area contributed by atoms with Crippen molar-refractivity contribution in [2.75, 3.05) is 41.0 Å². The number of esters is 2. The van der Waals surface area contributed by atoms with Crippen molar-refractivity contribution < 1.29 is 38.2 Å². The Hall–Kier alpha value is -3.23. The van der Waals surface area contributed by atoms with Crippen LogP contribution in [-0.4, -0.2) is 75.5 Å². The molecule has 0 N–H and O–H groups in total. The quantitative estimate of drug-likeness (QED) is 0.0290. The molecule has 0 rings (SSSR count). The largest absolute Gasteiger partial charge is 0.544 e. The molecule has 0 amide bonds. The Bertz CT molecular complexity index is 1060. The van der Waals surface area contributed by atoms with Crippen molar-refractivity contribution in [3.63, 3.8) is 0 Å². The van der Waals surface area contributed by atoms with Gasteiger partial charge in [-0.2, -0.15) is 0 Å². The summed E-state index contributed by atoms with van der Waals surface area (Å²) in [6.45, 7) is 4.40. The Morgan fingerprint density at radius 1 is 0.608 bits per heavy atom. The molecule has 8 nitrogen and oxygen atoms in total. The maximum absolute atomic E-state index is 12.6. The zero-order valence-electron chi connectivity index (χ0n) is 32.7. The van der Waals surface area contributed by atoms with Crippen LogP contribution < -0.4 is 5.11 Å². The number of carbonyl (C=O) groups is 3. The molecule has 0 heterocycles. The summed E-state index contributed by atoms with van der Waals surface area (Å²) in [5, 5.41) is 11.6. The topological polar surface area (TPSA) is 102 Å². The van der Waals surface area contributed by atoms with Crippen molar-refractivity contribution >= 4 is 17.9 Å². The van der Waals surface area contributed by atoms with Gasteiger partial charge >= 0.3 is 11.9 Å². The number of likely N-dealkylation sites (N-methyl/N-ethyl adjacent to an activating group) is 1. The lowest BCUT2D eigenvalue weighted by Crippen LogP contribution is -2.55. The van der Waals surface area contributed by atoms with Crippen LogP contribution in [0.25, 0.3) is 0 Å². The molecule has 0 aromatic heterocycles. The van der Waals surface area contributed by atoms with E-state index in [-0.39, 0.29) is 43.1 Å². The molecule has 0 aromatic carbocycles. The molecule has 0 spiro atoms. The Labute approximate surface area is 311 Å². The van der Waals surface area contributed by atoms with Gasteiger partial charge in [0.25, 0.3) is 0 Å². The summed E-state index contributed by atoms with van der Waals surface area (Å²) in [4.78, 5) is 36.5. The van der Waals surface area contributed by atoms with Crippen LogP contribution in [0.1, 0.15) is 129 Å². The van der Waals surface area contributed by atoms with Gasteiger partial charge < -0.3 is 28.6 Å². The summed E-state index contributed by atoms with van der Waals surface area (Å²) in [5.74, 6) is -1.86. The number of aliphatic carboxylic acids is 1. The van der Waals surface area contributed by atoms with Crippen LogP contribution in [0.5, 0.6) is 0 Å². The number of carboxylic acid groups (broad SMARTS) is 1. The first-order chi connectivity index (χ1) is 24.6. The minimum Gasteiger partial charge on any atom is -0.544 e. The number of unbranched alkanes of at least 4 members (excludes halogenated alkanes) is 7. The summed E-state index contributed by atoms with van der Waals surface area (Å²) < 4.78 is 17.0. The molecule has 0 aliphatic heterocycles. The van der Waals surface area contributed by atoms with Gasteiger partial charge in [0.2, 0.25) is 0 Å². The monoisotopic (exact) mass is 714 g/mol. The third-order valence-corrected chi connectivity index (χ3v) is 8.12. The number of nitrogens with zero attached hydrogens (tertiary/aromatic N) is 1. The second-order valence-corrected chi connectivity index (χ2v) is 13.8. The Balaban J connectivity index is 4.53. The number of carboxylic acids is 1. The molecule has 2 unspecified atom stereocenters. The van der Waals surface area contributed by atoms with Crippen molar-refractivity contribution in [1.29, 1.82) is 0 Å². The fourth-order valence-corrected chi connectivity index (χ4v) is 5.09. The van der Waals surface area contributed by atoms with E-state index in [0.29, 0.717) is 12.8 Å². The van der Waals surface area contributed by atoms with Gasteiger partial charge in [-0.05, 0) is 51.4 Å². The normalized spacial score (nSPS) is 13.8. The molecule has 0 aliphatic carbocycles. The Morgan fingerprint density at radius 2 is 1.10 bits per heavy atom. The molecule has 0 radical (unpaired) electrons. The molecule has 0 aromatic rings. The lowest BCUT2D eigenvalue weighted by Gasteiger charge is -2.34. The molecule has 0 saturated carbocycles.